The maximum absolute atomic E-state index is 5.80. The van der Waals surface area contributed by atoms with Crippen LogP contribution in [0.5, 0.6) is 0 Å². The smallest absolute Gasteiger partial charge is 0.248 e. The maximum Gasteiger partial charge on any atom is 0.248 e. The summed E-state index contributed by atoms with van der Waals surface area (Å²) in [6.07, 6.45) is 5.58. The van der Waals surface area contributed by atoms with Crippen molar-refractivity contribution in [3.8, 4) is 89.7 Å². The van der Waals surface area contributed by atoms with Crippen LogP contribution in [0.2, 0.25) is 0 Å². The normalized spacial score (nSPS) is 10.9. The summed E-state index contributed by atoms with van der Waals surface area (Å²) in [6.45, 7) is 7.54. The molecule has 1 heterocycles. The van der Waals surface area contributed by atoms with E-state index in [2.05, 4.69) is 302 Å². The van der Waals surface area contributed by atoms with Gasteiger partial charge in [-0.05, 0) is 168 Å². The van der Waals surface area contributed by atoms with Crippen molar-refractivity contribution in [2.75, 3.05) is 4.90 Å². The lowest BCUT2D eigenvalue weighted by atomic mass is 9.96. The Morgan fingerprint density at radius 3 is 1.01 bits per heavy atom. The molecule has 14 aromatic rings. The van der Waals surface area contributed by atoms with E-state index in [1.807, 2.05) is 61.5 Å². The van der Waals surface area contributed by atoms with Crippen molar-refractivity contribution in [2.24, 2.45) is 0 Å². The molecule has 0 amide bonds. The molecule has 4 nitrogen and oxygen atoms in total. The van der Waals surface area contributed by atoms with Crippen LogP contribution in [0.1, 0.15) is 12.5 Å². The second-order valence-electron chi connectivity index (χ2n) is 21.0. The molecular formula is C82H63N3O. The SMILES string of the molecule is C=C/C=C\C.Cc1ccccc1-c1ccc(-c2nnc(-c3ccccc3)o2)cc1.c1ccc(-c2ccc(N(c3ccc(-c4ccc(-c5cccc6ccccc56)cc4)cc3)c3ccc(-c4ccc(-c5cccc6ccccc56)cc4)cc3)cc2)cc1. The van der Waals surface area contributed by atoms with E-state index in [0.29, 0.717) is 11.8 Å². The summed E-state index contributed by atoms with van der Waals surface area (Å²) in [6, 6.07) is 112. The number of fused-ring (bicyclic) bond motifs is 2. The molecule has 412 valence electrons. The van der Waals surface area contributed by atoms with Gasteiger partial charge in [-0.15, -0.1) is 10.2 Å². The van der Waals surface area contributed by atoms with Gasteiger partial charge >= 0.3 is 0 Å². The maximum atomic E-state index is 5.80. The zero-order valence-corrected chi connectivity index (χ0v) is 48.2. The van der Waals surface area contributed by atoms with Crippen LogP contribution in [-0.4, -0.2) is 10.2 Å². The molecule has 86 heavy (non-hydrogen) atoms. The second kappa shape index (κ2) is 26.4. The first-order valence-electron chi connectivity index (χ1n) is 29.1. The topological polar surface area (TPSA) is 42.2 Å². The Kier molecular flexibility index (Phi) is 17.0. The van der Waals surface area contributed by atoms with E-state index >= 15 is 0 Å². The molecule has 14 rings (SSSR count). The number of rotatable bonds is 12. The van der Waals surface area contributed by atoms with Gasteiger partial charge in [-0.25, -0.2) is 0 Å². The Labute approximate surface area is 504 Å². The summed E-state index contributed by atoms with van der Waals surface area (Å²) in [7, 11) is 0. The van der Waals surface area contributed by atoms with Crippen molar-refractivity contribution >= 4 is 38.6 Å². The summed E-state index contributed by atoms with van der Waals surface area (Å²) in [5, 5.41) is 13.4. The van der Waals surface area contributed by atoms with Crippen LogP contribution in [-0.2, 0) is 0 Å². The third kappa shape index (κ3) is 12.6. The van der Waals surface area contributed by atoms with Gasteiger partial charge in [-0.3, -0.25) is 0 Å². The van der Waals surface area contributed by atoms with Crippen molar-refractivity contribution in [2.45, 2.75) is 13.8 Å². The number of hydrogen-bond acceptors (Lipinski definition) is 4. The van der Waals surface area contributed by atoms with Crippen molar-refractivity contribution < 1.29 is 4.42 Å². The van der Waals surface area contributed by atoms with E-state index in [9.17, 15) is 0 Å². The van der Waals surface area contributed by atoms with Gasteiger partial charge in [0.05, 0.1) is 0 Å². The Balaban J connectivity index is 0.000000206. The highest BCUT2D eigenvalue weighted by Crippen LogP contribution is 2.39. The lowest BCUT2D eigenvalue weighted by Crippen LogP contribution is -2.09. The van der Waals surface area contributed by atoms with Crippen LogP contribution < -0.4 is 4.90 Å². The summed E-state index contributed by atoms with van der Waals surface area (Å²) in [5.41, 5.74) is 21.0. The predicted octanol–water partition coefficient (Wildman–Crippen LogP) is 22.9. The monoisotopic (exact) mass is 1110 g/mol. The zero-order chi connectivity index (χ0) is 58.4. The van der Waals surface area contributed by atoms with Crippen LogP contribution in [0.4, 0.5) is 17.1 Å². The lowest BCUT2D eigenvalue weighted by Gasteiger charge is -2.26. The molecule has 0 atom stereocenters. The Morgan fingerprint density at radius 2 is 0.605 bits per heavy atom. The van der Waals surface area contributed by atoms with E-state index in [-0.39, 0.29) is 0 Å². The number of anilines is 3. The standard InChI is InChI=1S/C56H39N.C21H16N2O.C5H8/c1-2-10-40(11-3-1)43-28-34-50(35-29-43)57(51-36-30-44(31-37-51)41-20-24-48(25-21-41)55-18-8-14-46-12-4-6-16-53(46)55)52-38-32-45(33-39-52)42-22-26-49(27-23-42)56-19-9-15-47-13-5-7-17-54(47)56;1-15-7-5-6-10-19(15)16-11-13-18(14-12-16)21-23-22-20(24-21)17-8-3-2-4-9-17;1-3-5-4-2/h1-39H;2-14H,1H3;3-5H,1H2,2H3/b;;5-4-. The van der Waals surface area contributed by atoms with E-state index < -0.39 is 0 Å². The van der Waals surface area contributed by atoms with Crippen molar-refractivity contribution in [1.82, 2.24) is 10.2 Å². The molecule has 0 bridgehead atoms. The first-order valence-corrected chi connectivity index (χ1v) is 29.1. The number of aromatic nitrogens is 2. The molecule has 0 saturated carbocycles. The summed E-state index contributed by atoms with van der Waals surface area (Å²) in [4.78, 5) is 2.34. The highest BCUT2D eigenvalue weighted by molar-refractivity contribution is 5.98. The molecule has 0 aliphatic heterocycles. The van der Waals surface area contributed by atoms with Gasteiger partial charge in [0.15, 0.2) is 0 Å². The quantitative estimate of drug-likeness (QED) is 0.114. The van der Waals surface area contributed by atoms with Gasteiger partial charge in [-0.1, -0.05) is 280 Å². The highest BCUT2D eigenvalue weighted by atomic mass is 16.4. The minimum absolute atomic E-state index is 0.533. The van der Waals surface area contributed by atoms with Gasteiger partial charge in [0.1, 0.15) is 0 Å². The van der Waals surface area contributed by atoms with Crippen LogP contribution in [0.3, 0.4) is 0 Å². The van der Waals surface area contributed by atoms with Gasteiger partial charge < -0.3 is 9.32 Å². The number of allylic oxidation sites excluding steroid dienone is 3. The highest BCUT2D eigenvalue weighted by Gasteiger charge is 2.16. The minimum atomic E-state index is 0.533. The molecule has 0 saturated heterocycles. The van der Waals surface area contributed by atoms with Gasteiger partial charge in [0.2, 0.25) is 11.8 Å². The molecule has 0 aliphatic rings. The van der Waals surface area contributed by atoms with Crippen molar-refractivity contribution in [1.29, 1.82) is 0 Å². The molecule has 0 N–H and O–H groups in total. The van der Waals surface area contributed by atoms with E-state index in [1.165, 1.54) is 93.9 Å². The van der Waals surface area contributed by atoms with Crippen LogP contribution in [0, 0.1) is 6.92 Å². The molecule has 4 heteroatoms. The summed E-state index contributed by atoms with van der Waals surface area (Å²) < 4.78 is 5.80. The third-order valence-electron chi connectivity index (χ3n) is 15.5. The van der Waals surface area contributed by atoms with Crippen molar-refractivity contribution in [3.63, 3.8) is 0 Å². The van der Waals surface area contributed by atoms with Crippen LogP contribution >= 0.6 is 0 Å². The average Bonchev–Trinajstić information content (AvgIpc) is 3.13. The van der Waals surface area contributed by atoms with E-state index in [4.69, 9.17) is 4.42 Å². The summed E-state index contributed by atoms with van der Waals surface area (Å²) >= 11 is 0. The fourth-order valence-corrected chi connectivity index (χ4v) is 11.0. The van der Waals surface area contributed by atoms with Crippen molar-refractivity contribution in [3.05, 3.63) is 346 Å². The lowest BCUT2D eigenvalue weighted by molar-refractivity contribution is 0.584. The molecule has 0 spiro atoms. The molecular weight excluding hydrogens is 1040 g/mol. The number of benzene rings is 13. The predicted molar refractivity (Wildman–Crippen MR) is 364 cm³/mol. The fraction of sp³-hybridized carbons (Fsp3) is 0.0244. The van der Waals surface area contributed by atoms with Gasteiger partial charge in [-0.2, -0.15) is 0 Å². The molecule has 0 fully saturated rings. The van der Waals surface area contributed by atoms with Crippen LogP contribution in [0.15, 0.2) is 345 Å². The fourth-order valence-electron chi connectivity index (χ4n) is 11.0. The zero-order valence-electron chi connectivity index (χ0n) is 48.2. The molecule has 1 aromatic heterocycles. The Bertz CT molecular complexity index is 4370. The minimum Gasteiger partial charge on any atom is -0.416 e. The van der Waals surface area contributed by atoms with Gasteiger partial charge in [0, 0.05) is 28.2 Å². The third-order valence-corrected chi connectivity index (χ3v) is 15.5. The first-order chi connectivity index (χ1) is 42.5. The molecule has 0 radical (unpaired) electrons. The number of nitrogens with zero attached hydrogens (tertiary/aromatic N) is 3. The molecule has 0 unspecified atom stereocenters. The second-order valence-corrected chi connectivity index (χ2v) is 21.0. The average molecular weight is 1110 g/mol. The Hall–Kier alpha value is -11.2. The van der Waals surface area contributed by atoms with E-state index in [1.54, 1.807) is 6.08 Å². The van der Waals surface area contributed by atoms with E-state index in [0.717, 1.165) is 28.2 Å². The molecule has 0 aliphatic carbocycles. The molecule has 13 aromatic carbocycles. The number of aryl methyl sites for hydroxylation is 1. The van der Waals surface area contributed by atoms with Crippen LogP contribution in [0.25, 0.3) is 111 Å². The first kappa shape index (κ1) is 55.3. The largest absolute Gasteiger partial charge is 0.416 e. The summed E-state index contributed by atoms with van der Waals surface area (Å²) in [5.74, 6) is 1.07. The number of hydrogen-bond donors (Lipinski definition) is 0. The van der Waals surface area contributed by atoms with Gasteiger partial charge in [0.25, 0.3) is 0 Å². The Morgan fingerprint density at radius 1 is 0.302 bits per heavy atom.